The molecule has 4 heterocycles. The van der Waals surface area contributed by atoms with Crippen molar-refractivity contribution in [2.75, 3.05) is 13.1 Å². The first-order chi connectivity index (χ1) is 8.93. The van der Waals surface area contributed by atoms with Crippen molar-refractivity contribution in [1.82, 2.24) is 25.5 Å². The fourth-order valence-corrected chi connectivity index (χ4v) is 2.92. The second-order valence-corrected chi connectivity index (χ2v) is 4.92. The second kappa shape index (κ2) is 3.81. The maximum absolute atomic E-state index is 4.80. The first-order valence-corrected chi connectivity index (χ1v) is 6.44. The van der Waals surface area contributed by atoms with Crippen LogP contribution in [-0.4, -0.2) is 33.3 Å². The fraction of sp³-hybridized carbons (Fsp3) is 0.385. The summed E-state index contributed by atoms with van der Waals surface area (Å²) in [5.41, 5.74) is 3.24. The highest BCUT2D eigenvalue weighted by Gasteiger charge is 2.21. The molecule has 0 aliphatic carbocycles. The third-order valence-electron chi connectivity index (χ3n) is 3.87. The third-order valence-corrected chi connectivity index (χ3v) is 3.87. The highest BCUT2D eigenvalue weighted by atomic mass is 15.1. The fourth-order valence-electron chi connectivity index (χ4n) is 2.92. The molecule has 3 aromatic rings. The zero-order valence-electron chi connectivity index (χ0n) is 10.0. The standard InChI is InChI=1S/C13H15N5/c1-4-14-5-2-8(1)11-12-10(7-16-18-12)9-3-6-15-13(9)17-11/h3,6-8,14H,1-2,4-5H2,(H,15,17)(H,16,18). The summed E-state index contributed by atoms with van der Waals surface area (Å²) in [6.07, 6.45) is 6.13. The Bertz CT molecular complexity index is 690. The zero-order chi connectivity index (χ0) is 11.9. The molecule has 0 bridgehead atoms. The van der Waals surface area contributed by atoms with E-state index in [1.807, 2.05) is 12.4 Å². The van der Waals surface area contributed by atoms with Gasteiger partial charge in [0.2, 0.25) is 0 Å². The predicted octanol–water partition coefficient (Wildman–Crippen LogP) is 1.91. The van der Waals surface area contributed by atoms with Crippen LogP contribution in [0.25, 0.3) is 21.9 Å². The van der Waals surface area contributed by atoms with Gasteiger partial charge >= 0.3 is 0 Å². The van der Waals surface area contributed by atoms with Crippen LogP contribution in [0.1, 0.15) is 24.5 Å². The monoisotopic (exact) mass is 241 g/mol. The predicted molar refractivity (Wildman–Crippen MR) is 70.6 cm³/mol. The molecule has 5 heteroatoms. The Balaban J connectivity index is 1.97. The number of hydrogen-bond donors (Lipinski definition) is 3. The number of nitrogens with one attached hydrogen (secondary N) is 3. The smallest absolute Gasteiger partial charge is 0.138 e. The molecule has 1 fully saturated rings. The van der Waals surface area contributed by atoms with E-state index in [1.165, 1.54) is 11.1 Å². The lowest BCUT2D eigenvalue weighted by Gasteiger charge is -2.22. The summed E-state index contributed by atoms with van der Waals surface area (Å²) in [5.74, 6) is 0.530. The van der Waals surface area contributed by atoms with Gasteiger partial charge in [-0.25, -0.2) is 4.98 Å². The Hall–Kier alpha value is -1.88. The van der Waals surface area contributed by atoms with E-state index in [0.29, 0.717) is 5.92 Å². The molecule has 0 unspecified atom stereocenters. The van der Waals surface area contributed by atoms with E-state index < -0.39 is 0 Å². The molecule has 1 aliphatic heterocycles. The van der Waals surface area contributed by atoms with Crippen LogP contribution in [0.4, 0.5) is 0 Å². The van der Waals surface area contributed by atoms with Gasteiger partial charge in [0.15, 0.2) is 0 Å². The van der Waals surface area contributed by atoms with Crippen molar-refractivity contribution < 1.29 is 0 Å². The Kier molecular flexibility index (Phi) is 2.14. The number of piperidine rings is 1. The number of aromatic amines is 2. The number of fused-ring (bicyclic) bond motifs is 3. The van der Waals surface area contributed by atoms with E-state index in [0.717, 1.165) is 42.5 Å². The van der Waals surface area contributed by atoms with Gasteiger partial charge in [-0.05, 0) is 32.0 Å². The van der Waals surface area contributed by atoms with Crippen molar-refractivity contribution in [3.63, 3.8) is 0 Å². The van der Waals surface area contributed by atoms with Crippen LogP contribution in [0.15, 0.2) is 18.5 Å². The number of aromatic nitrogens is 4. The van der Waals surface area contributed by atoms with E-state index in [1.54, 1.807) is 0 Å². The van der Waals surface area contributed by atoms with Crippen LogP contribution in [-0.2, 0) is 0 Å². The van der Waals surface area contributed by atoms with Gasteiger partial charge < -0.3 is 10.3 Å². The van der Waals surface area contributed by atoms with Gasteiger partial charge in [-0.1, -0.05) is 0 Å². The molecule has 0 radical (unpaired) electrons. The van der Waals surface area contributed by atoms with Crippen molar-refractivity contribution in [3.8, 4) is 0 Å². The molecule has 0 spiro atoms. The molecule has 0 aromatic carbocycles. The molecule has 4 rings (SSSR count). The van der Waals surface area contributed by atoms with Gasteiger partial charge in [0.25, 0.3) is 0 Å². The van der Waals surface area contributed by atoms with Gasteiger partial charge in [-0.3, -0.25) is 5.10 Å². The van der Waals surface area contributed by atoms with Crippen molar-refractivity contribution in [2.45, 2.75) is 18.8 Å². The first kappa shape index (κ1) is 10.1. The molecule has 3 aromatic heterocycles. The molecule has 1 saturated heterocycles. The molecular formula is C13H15N5. The topological polar surface area (TPSA) is 69.4 Å². The number of H-pyrrole nitrogens is 2. The van der Waals surface area contributed by atoms with E-state index in [9.17, 15) is 0 Å². The minimum Gasteiger partial charge on any atom is -0.346 e. The lowest BCUT2D eigenvalue weighted by atomic mass is 9.93. The highest BCUT2D eigenvalue weighted by Crippen LogP contribution is 2.32. The van der Waals surface area contributed by atoms with Gasteiger partial charge in [-0.15, -0.1) is 0 Å². The van der Waals surface area contributed by atoms with Gasteiger partial charge in [0, 0.05) is 22.9 Å². The summed E-state index contributed by atoms with van der Waals surface area (Å²) < 4.78 is 0. The molecule has 0 saturated carbocycles. The van der Waals surface area contributed by atoms with Crippen molar-refractivity contribution >= 4 is 21.9 Å². The largest absolute Gasteiger partial charge is 0.346 e. The molecule has 0 amide bonds. The Morgan fingerprint density at radius 2 is 2.06 bits per heavy atom. The molecule has 0 atom stereocenters. The van der Waals surface area contributed by atoms with Crippen LogP contribution in [0.2, 0.25) is 0 Å². The summed E-state index contributed by atoms with van der Waals surface area (Å²) >= 11 is 0. The van der Waals surface area contributed by atoms with Crippen LogP contribution in [0, 0.1) is 0 Å². The number of nitrogens with zero attached hydrogens (tertiary/aromatic N) is 2. The number of rotatable bonds is 1. The summed E-state index contributed by atoms with van der Waals surface area (Å²) in [7, 11) is 0. The summed E-state index contributed by atoms with van der Waals surface area (Å²) in [5, 5.41) is 13.0. The Morgan fingerprint density at radius 1 is 1.17 bits per heavy atom. The Morgan fingerprint density at radius 3 is 2.94 bits per heavy atom. The average Bonchev–Trinajstić information content (AvgIpc) is 3.06. The molecule has 5 nitrogen and oxygen atoms in total. The number of hydrogen-bond acceptors (Lipinski definition) is 3. The quantitative estimate of drug-likeness (QED) is 0.609. The minimum atomic E-state index is 0.530. The van der Waals surface area contributed by atoms with Gasteiger partial charge in [0.05, 0.1) is 17.4 Å². The third kappa shape index (κ3) is 1.37. The van der Waals surface area contributed by atoms with Crippen LogP contribution < -0.4 is 5.32 Å². The highest BCUT2D eigenvalue weighted by molar-refractivity contribution is 6.04. The van der Waals surface area contributed by atoms with E-state index in [4.69, 9.17) is 4.98 Å². The number of pyridine rings is 1. The first-order valence-electron chi connectivity index (χ1n) is 6.44. The molecule has 92 valence electrons. The van der Waals surface area contributed by atoms with Crippen molar-refractivity contribution in [2.24, 2.45) is 0 Å². The summed E-state index contributed by atoms with van der Waals surface area (Å²) in [6, 6.07) is 2.06. The Labute approximate surface area is 104 Å². The SMILES string of the molecule is c1cc2c(nc(C3CCNCC3)c3[nH]ncc32)[nH]1. The zero-order valence-corrected chi connectivity index (χ0v) is 10.0. The minimum absolute atomic E-state index is 0.530. The molecule has 3 N–H and O–H groups in total. The summed E-state index contributed by atoms with van der Waals surface area (Å²) in [4.78, 5) is 8.02. The van der Waals surface area contributed by atoms with Crippen LogP contribution >= 0.6 is 0 Å². The van der Waals surface area contributed by atoms with Gasteiger partial charge in [-0.2, -0.15) is 5.10 Å². The molecule has 1 aliphatic rings. The summed E-state index contributed by atoms with van der Waals surface area (Å²) in [6.45, 7) is 2.15. The van der Waals surface area contributed by atoms with E-state index >= 15 is 0 Å². The van der Waals surface area contributed by atoms with Crippen molar-refractivity contribution in [1.29, 1.82) is 0 Å². The van der Waals surface area contributed by atoms with Crippen molar-refractivity contribution in [3.05, 3.63) is 24.2 Å². The maximum Gasteiger partial charge on any atom is 0.138 e. The van der Waals surface area contributed by atoms with Gasteiger partial charge in [0.1, 0.15) is 5.65 Å². The van der Waals surface area contributed by atoms with Crippen LogP contribution in [0.3, 0.4) is 0 Å². The maximum atomic E-state index is 4.80. The lowest BCUT2D eigenvalue weighted by molar-refractivity contribution is 0.456. The average molecular weight is 241 g/mol. The molecule has 18 heavy (non-hydrogen) atoms. The van der Waals surface area contributed by atoms with E-state index in [-0.39, 0.29) is 0 Å². The lowest BCUT2D eigenvalue weighted by Crippen LogP contribution is -2.27. The van der Waals surface area contributed by atoms with E-state index in [2.05, 4.69) is 26.6 Å². The second-order valence-electron chi connectivity index (χ2n) is 4.92. The molecular weight excluding hydrogens is 226 g/mol. The normalized spacial score (nSPS) is 17.8. The van der Waals surface area contributed by atoms with Crippen LogP contribution in [0.5, 0.6) is 0 Å².